The molecular formula is C24H22N2O5. The minimum absolute atomic E-state index is 0.00520. The van der Waals surface area contributed by atoms with Crippen LogP contribution in [-0.4, -0.2) is 28.1 Å². The molecule has 7 heteroatoms. The smallest absolute Gasteiger partial charge is 0.301 e. The lowest BCUT2D eigenvalue weighted by atomic mass is 9.95. The summed E-state index contributed by atoms with van der Waals surface area (Å²) in [7, 11) is 0. The number of anilines is 1. The van der Waals surface area contributed by atoms with Crippen molar-refractivity contribution in [3.8, 4) is 5.75 Å². The zero-order valence-electron chi connectivity index (χ0n) is 17.4. The Morgan fingerprint density at radius 3 is 2.35 bits per heavy atom. The van der Waals surface area contributed by atoms with Gasteiger partial charge in [0.15, 0.2) is 5.82 Å². The topological polar surface area (TPSA) is 92.9 Å². The van der Waals surface area contributed by atoms with Gasteiger partial charge in [-0.3, -0.25) is 14.5 Å². The van der Waals surface area contributed by atoms with Crippen LogP contribution in [0.2, 0.25) is 0 Å². The van der Waals surface area contributed by atoms with E-state index < -0.39 is 17.7 Å². The van der Waals surface area contributed by atoms with Crippen LogP contribution in [0.15, 0.2) is 70.8 Å². The molecule has 1 aromatic heterocycles. The van der Waals surface area contributed by atoms with Gasteiger partial charge in [0.1, 0.15) is 17.3 Å². The van der Waals surface area contributed by atoms with E-state index in [9.17, 15) is 14.7 Å². The van der Waals surface area contributed by atoms with Gasteiger partial charge < -0.3 is 14.4 Å². The highest BCUT2D eigenvalue weighted by Gasteiger charge is 2.48. The minimum atomic E-state index is -0.836. The van der Waals surface area contributed by atoms with E-state index in [1.54, 1.807) is 49.4 Å². The molecule has 1 saturated heterocycles. The van der Waals surface area contributed by atoms with Crippen molar-refractivity contribution >= 4 is 23.3 Å². The summed E-state index contributed by atoms with van der Waals surface area (Å²) in [5.41, 5.74) is 1.07. The molecule has 1 unspecified atom stereocenters. The van der Waals surface area contributed by atoms with Crippen molar-refractivity contribution in [2.75, 3.05) is 4.90 Å². The number of hydrogen-bond donors (Lipinski definition) is 1. The molecule has 4 rings (SSSR count). The number of nitrogens with zero attached hydrogens (tertiary/aromatic N) is 2. The van der Waals surface area contributed by atoms with Crippen molar-refractivity contribution in [2.45, 2.75) is 32.9 Å². The maximum absolute atomic E-state index is 13.0. The van der Waals surface area contributed by atoms with Crippen LogP contribution in [0.3, 0.4) is 0 Å². The number of aliphatic hydroxyl groups excluding tert-OH is 1. The van der Waals surface area contributed by atoms with Crippen LogP contribution in [0.5, 0.6) is 5.75 Å². The molecule has 1 aliphatic heterocycles. The number of aliphatic hydroxyl groups is 1. The summed E-state index contributed by atoms with van der Waals surface area (Å²) in [6.07, 6.45) is 0.00812. The zero-order chi connectivity index (χ0) is 22.1. The Labute approximate surface area is 179 Å². The van der Waals surface area contributed by atoms with E-state index in [-0.39, 0.29) is 23.3 Å². The van der Waals surface area contributed by atoms with Gasteiger partial charge in [-0.25, -0.2) is 0 Å². The molecule has 31 heavy (non-hydrogen) atoms. The van der Waals surface area contributed by atoms with Crippen LogP contribution in [0.4, 0.5) is 5.82 Å². The Balaban J connectivity index is 1.84. The van der Waals surface area contributed by atoms with Crippen LogP contribution >= 0.6 is 0 Å². The Hall–Kier alpha value is -3.87. The highest BCUT2D eigenvalue weighted by Crippen LogP contribution is 2.41. The number of carbonyl (C=O) groups excluding carboxylic acids is 2. The lowest BCUT2D eigenvalue weighted by Gasteiger charge is -2.22. The van der Waals surface area contributed by atoms with Crippen LogP contribution in [-0.2, 0) is 9.59 Å². The number of carbonyl (C=O) groups is 2. The fraction of sp³-hybridized carbons (Fsp3) is 0.208. The first-order valence-electron chi connectivity index (χ1n) is 9.93. The van der Waals surface area contributed by atoms with Crippen molar-refractivity contribution in [3.05, 3.63) is 83.1 Å². The van der Waals surface area contributed by atoms with Gasteiger partial charge in [0.25, 0.3) is 5.78 Å². The van der Waals surface area contributed by atoms with Crippen LogP contribution < -0.4 is 9.64 Å². The number of Topliss-reactive ketones (excluding diaryl/α,β-unsaturated/α-hetero) is 1. The van der Waals surface area contributed by atoms with Crippen LogP contribution in [0.1, 0.15) is 36.8 Å². The molecule has 1 atom stereocenters. The SMILES string of the molecule is Cc1cc(N2C(=O)C(=O)C(=C(O)c3ccc(OC(C)C)cc3)C2c2ccccc2)no1. The standard InChI is InChI=1S/C24H22N2O5/c1-14(2)30-18-11-9-17(10-12-18)22(27)20-21(16-7-5-4-6-8-16)26(24(29)23(20)28)19-13-15(3)31-25-19/h4-14,21,27H,1-3H3. The Morgan fingerprint density at radius 2 is 1.77 bits per heavy atom. The maximum atomic E-state index is 13.0. The number of amides is 1. The predicted octanol–water partition coefficient (Wildman–Crippen LogP) is 4.40. The highest BCUT2D eigenvalue weighted by molar-refractivity contribution is 6.51. The molecule has 0 aliphatic carbocycles. The lowest BCUT2D eigenvalue weighted by Crippen LogP contribution is -2.29. The molecule has 1 fully saturated rings. The molecule has 0 bridgehead atoms. The summed E-state index contributed by atoms with van der Waals surface area (Å²) >= 11 is 0. The first kappa shape index (κ1) is 20.4. The molecule has 3 aromatic rings. The molecule has 1 N–H and O–H groups in total. The van der Waals surface area contributed by atoms with E-state index in [1.165, 1.54) is 4.90 Å². The minimum Gasteiger partial charge on any atom is -0.507 e. The third-order valence-corrected chi connectivity index (χ3v) is 4.92. The molecule has 1 aliphatic rings. The van der Waals surface area contributed by atoms with Gasteiger partial charge in [-0.2, -0.15) is 0 Å². The van der Waals surface area contributed by atoms with Crippen molar-refractivity contribution in [1.82, 2.24) is 5.16 Å². The molecule has 0 spiro atoms. The normalized spacial score (nSPS) is 18.1. The monoisotopic (exact) mass is 418 g/mol. The van der Waals surface area contributed by atoms with E-state index in [4.69, 9.17) is 9.26 Å². The van der Waals surface area contributed by atoms with E-state index >= 15 is 0 Å². The maximum Gasteiger partial charge on any atom is 0.301 e. The molecule has 7 nitrogen and oxygen atoms in total. The number of hydrogen-bond acceptors (Lipinski definition) is 6. The predicted molar refractivity (Wildman–Crippen MR) is 115 cm³/mol. The van der Waals surface area contributed by atoms with Crippen molar-refractivity contribution in [2.24, 2.45) is 0 Å². The third kappa shape index (κ3) is 3.82. The molecular weight excluding hydrogens is 396 g/mol. The van der Waals surface area contributed by atoms with Gasteiger partial charge in [-0.15, -0.1) is 0 Å². The summed E-state index contributed by atoms with van der Waals surface area (Å²) in [5.74, 6) is -0.452. The summed E-state index contributed by atoms with van der Waals surface area (Å²) < 4.78 is 10.8. The number of aromatic nitrogens is 1. The Morgan fingerprint density at radius 1 is 1.10 bits per heavy atom. The van der Waals surface area contributed by atoms with Crippen LogP contribution in [0, 0.1) is 6.92 Å². The second kappa shape index (κ2) is 8.10. The number of benzene rings is 2. The van der Waals surface area contributed by atoms with Gasteiger partial charge in [-0.05, 0) is 50.6 Å². The molecule has 0 saturated carbocycles. The summed E-state index contributed by atoms with van der Waals surface area (Å²) in [6.45, 7) is 5.53. The molecule has 2 aromatic carbocycles. The van der Waals surface area contributed by atoms with Gasteiger partial charge in [-0.1, -0.05) is 35.5 Å². The largest absolute Gasteiger partial charge is 0.507 e. The first-order valence-corrected chi connectivity index (χ1v) is 9.93. The molecule has 0 radical (unpaired) electrons. The summed E-state index contributed by atoms with van der Waals surface area (Å²) in [5, 5.41) is 15.0. The first-order chi connectivity index (χ1) is 14.9. The highest BCUT2D eigenvalue weighted by atomic mass is 16.5. The molecule has 2 heterocycles. The second-order valence-corrected chi connectivity index (χ2v) is 7.57. The van der Waals surface area contributed by atoms with Crippen molar-refractivity contribution in [1.29, 1.82) is 0 Å². The van der Waals surface area contributed by atoms with E-state index in [0.717, 1.165) is 0 Å². The number of ether oxygens (including phenoxy) is 1. The van der Waals surface area contributed by atoms with E-state index in [1.807, 2.05) is 32.0 Å². The number of aryl methyl sites for hydroxylation is 1. The quantitative estimate of drug-likeness (QED) is 0.375. The molecule has 158 valence electrons. The fourth-order valence-corrected chi connectivity index (χ4v) is 3.61. The average molecular weight is 418 g/mol. The van der Waals surface area contributed by atoms with Gasteiger partial charge >= 0.3 is 5.91 Å². The van der Waals surface area contributed by atoms with Crippen LogP contribution in [0.25, 0.3) is 5.76 Å². The van der Waals surface area contributed by atoms with Crippen molar-refractivity contribution < 1.29 is 24.0 Å². The van der Waals surface area contributed by atoms with E-state index in [2.05, 4.69) is 5.16 Å². The lowest BCUT2D eigenvalue weighted by molar-refractivity contribution is -0.132. The third-order valence-electron chi connectivity index (χ3n) is 4.92. The second-order valence-electron chi connectivity index (χ2n) is 7.57. The van der Waals surface area contributed by atoms with Crippen molar-refractivity contribution in [3.63, 3.8) is 0 Å². The number of rotatable bonds is 5. The Bertz CT molecular complexity index is 1150. The zero-order valence-corrected chi connectivity index (χ0v) is 17.4. The number of ketones is 1. The van der Waals surface area contributed by atoms with Gasteiger partial charge in [0, 0.05) is 11.6 Å². The fourth-order valence-electron chi connectivity index (χ4n) is 3.61. The van der Waals surface area contributed by atoms with Gasteiger partial charge in [0.05, 0.1) is 17.7 Å². The molecule has 1 amide bonds. The summed E-state index contributed by atoms with van der Waals surface area (Å²) in [4.78, 5) is 27.2. The summed E-state index contributed by atoms with van der Waals surface area (Å²) in [6, 6.07) is 16.5. The van der Waals surface area contributed by atoms with Gasteiger partial charge in [0.2, 0.25) is 0 Å². The average Bonchev–Trinajstić information content (AvgIpc) is 3.29. The van der Waals surface area contributed by atoms with E-state index in [0.29, 0.717) is 22.6 Å². The Kier molecular flexibility index (Phi) is 5.33.